The van der Waals surface area contributed by atoms with Crippen LogP contribution < -0.4 is 24.5 Å². The minimum atomic E-state index is -1.43. The Morgan fingerprint density at radius 1 is 0.500 bits per heavy atom. The zero-order chi connectivity index (χ0) is 40.9. The van der Waals surface area contributed by atoms with Gasteiger partial charge in [0.05, 0.1) is 13.8 Å². The van der Waals surface area contributed by atoms with Gasteiger partial charge in [-0.2, -0.15) is 0 Å². The van der Waals surface area contributed by atoms with Crippen LogP contribution >= 0.6 is 0 Å². The molecule has 294 valence electrons. The van der Waals surface area contributed by atoms with Gasteiger partial charge in [-0.05, 0) is 84.4 Å². The van der Waals surface area contributed by atoms with Crippen molar-refractivity contribution in [2.24, 2.45) is 0 Å². The Labute approximate surface area is 354 Å². The molecule has 0 saturated carbocycles. The van der Waals surface area contributed by atoms with E-state index in [1.165, 1.54) is 10.9 Å². The normalized spacial score (nSPS) is 13.7. The van der Waals surface area contributed by atoms with E-state index >= 15 is 0 Å². The average Bonchev–Trinajstić information content (AvgIpc) is 3.28. The molecular formula is C55H48N2O2Si. The molecule has 0 N–H and O–H groups in total. The maximum absolute atomic E-state index is 6.88. The van der Waals surface area contributed by atoms with E-state index in [1.54, 1.807) is 0 Å². The molecule has 8 aromatic carbocycles. The number of para-hydroxylation sites is 3. The van der Waals surface area contributed by atoms with Crippen LogP contribution in [0, 0.1) is 0 Å². The van der Waals surface area contributed by atoms with Gasteiger partial charge < -0.3 is 19.3 Å². The van der Waals surface area contributed by atoms with Crippen LogP contribution in [0.25, 0.3) is 21.9 Å². The van der Waals surface area contributed by atoms with Crippen molar-refractivity contribution >= 4 is 52.5 Å². The third-order valence-corrected chi connectivity index (χ3v) is 13.1. The van der Waals surface area contributed by atoms with E-state index in [2.05, 4.69) is 230 Å². The van der Waals surface area contributed by atoms with Crippen LogP contribution in [0.15, 0.2) is 224 Å². The van der Waals surface area contributed by atoms with Gasteiger partial charge in [0, 0.05) is 57.3 Å². The number of hydrogen-bond acceptors (Lipinski definition) is 4. The van der Waals surface area contributed by atoms with E-state index in [-0.39, 0.29) is 6.10 Å². The average molecular weight is 797 g/mol. The molecule has 9 rings (SSSR count). The molecule has 1 aliphatic rings. The van der Waals surface area contributed by atoms with E-state index in [4.69, 9.17) is 9.47 Å². The number of benzene rings is 8. The second-order valence-electron chi connectivity index (χ2n) is 16.1. The van der Waals surface area contributed by atoms with Gasteiger partial charge in [0.25, 0.3) is 0 Å². The molecule has 0 spiro atoms. The third kappa shape index (κ3) is 8.26. The van der Waals surface area contributed by atoms with Gasteiger partial charge in [-0.1, -0.05) is 158 Å². The molecule has 0 fully saturated rings. The van der Waals surface area contributed by atoms with Crippen molar-refractivity contribution in [1.82, 2.24) is 0 Å². The lowest BCUT2D eigenvalue weighted by Gasteiger charge is -2.32. The van der Waals surface area contributed by atoms with Gasteiger partial charge in [0.1, 0.15) is 23.4 Å². The lowest BCUT2D eigenvalue weighted by Crippen LogP contribution is -2.37. The first-order chi connectivity index (χ1) is 29.4. The van der Waals surface area contributed by atoms with Crippen LogP contribution in [0.3, 0.4) is 0 Å². The molecule has 0 bridgehead atoms. The molecule has 0 aromatic heterocycles. The van der Waals surface area contributed by atoms with Crippen LogP contribution in [0.1, 0.15) is 6.42 Å². The van der Waals surface area contributed by atoms with Crippen molar-refractivity contribution in [3.05, 3.63) is 224 Å². The number of hydrogen-bond donors (Lipinski definition) is 0. The summed E-state index contributed by atoms with van der Waals surface area (Å²) >= 11 is 0. The van der Waals surface area contributed by atoms with Gasteiger partial charge >= 0.3 is 0 Å². The molecule has 60 heavy (non-hydrogen) atoms. The molecule has 5 heteroatoms. The highest BCUT2D eigenvalue weighted by Gasteiger charge is 2.24. The van der Waals surface area contributed by atoms with Gasteiger partial charge in [-0.15, -0.1) is 0 Å². The van der Waals surface area contributed by atoms with Crippen LogP contribution in [-0.2, 0) is 0 Å². The van der Waals surface area contributed by atoms with E-state index in [0.717, 1.165) is 67.6 Å². The highest BCUT2D eigenvalue weighted by Crippen LogP contribution is 2.43. The summed E-state index contributed by atoms with van der Waals surface area (Å²) < 4.78 is 13.7. The number of anilines is 5. The Morgan fingerprint density at radius 3 is 1.77 bits per heavy atom. The molecule has 1 atom stereocenters. The molecule has 8 aromatic rings. The molecule has 0 aliphatic heterocycles. The van der Waals surface area contributed by atoms with Crippen molar-refractivity contribution in [3.63, 3.8) is 0 Å². The Hall–Kier alpha value is -7.08. The topological polar surface area (TPSA) is 24.9 Å². The lowest BCUT2D eigenvalue weighted by atomic mass is 10.0. The lowest BCUT2D eigenvalue weighted by molar-refractivity contribution is 0.250. The quantitative estimate of drug-likeness (QED) is 0.115. The first-order valence-corrected chi connectivity index (χ1v) is 24.2. The summed E-state index contributed by atoms with van der Waals surface area (Å²) in [6.07, 6.45) is 7.04. The monoisotopic (exact) mass is 796 g/mol. The number of nitrogens with zero attached hydrogens (tertiary/aromatic N) is 2. The fraction of sp³-hybridized carbons (Fsp3) is 0.0909. The number of allylic oxidation sites excluding steroid dienone is 2. The highest BCUT2D eigenvalue weighted by molar-refractivity contribution is 6.88. The SMILES string of the molecule is C[Si](C)(C)c1ccc(N(C2=CC=CC(Oc3cccc4c(Oc5cccc(N(c6ccccc6)c6ccccc6-c6ccccc6)c5)cccc34)C2)c2ccccc2)cc1. The fourth-order valence-electron chi connectivity index (χ4n) is 8.00. The summed E-state index contributed by atoms with van der Waals surface area (Å²) in [5.74, 6) is 2.33. The first kappa shape index (κ1) is 38.4. The molecular weight excluding hydrogens is 749 g/mol. The second-order valence-corrected chi connectivity index (χ2v) is 21.2. The third-order valence-electron chi connectivity index (χ3n) is 11.0. The smallest absolute Gasteiger partial charge is 0.135 e. The zero-order valence-corrected chi connectivity index (χ0v) is 35.3. The summed E-state index contributed by atoms with van der Waals surface area (Å²) in [5.41, 5.74) is 8.90. The van der Waals surface area contributed by atoms with Gasteiger partial charge in [-0.25, -0.2) is 0 Å². The molecule has 1 unspecified atom stereocenters. The summed E-state index contributed by atoms with van der Waals surface area (Å²) in [6.45, 7) is 7.17. The number of rotatable bonds is 12. The molecule has 4 nitrogen and oxygen atoms in total. The van der Waals surface area contributed by atoms with Crippen LogP contribution in [0.2, 0.25) is 19.6 Å². The summed E-state index contributed by atoms with van der Waals surface area (Å²) in [4.78, 5) is 4.66. The Balaban J connectivity index is 0.995. The molecule has 0 heterocycles. The molecule has 0 saturated heterocycles. The van der Waals surface area contributed by atoms with Gasteiger partial charge in [-0.3, -0.25) is 0 Å². The minimum absolute atomic E-state index is 0.160. The van der Waals surface area contributed by atoms with E-state index in [1.807, 2.05) is 18.2 Å². The van der Waals surface area contributed by atoms with Gasteiger partial charge in [0.15, 0.2) is 0 Å². The molecule has 0 radical (unpaired) electrons. The summed E-state index contributed by atoms with van der Waals surface area (Å²) in [6, 6.07) is 70.1. The van der Waals surface area contributed by atoms with Crippen molar-refractivity contribution in [1.29, 1.82) is 0 Å². The maximum Gasteiger partial charge on any atom is 0.135 e. The highest BCUT2D eigenvalue weighted by atomic mass is 28.3. The Morgan fingerprint density at radius 2 is 1.07 bits per heavy atom. The fourth-order valence-corrected chi connectivity index (χ4v) is 9.17. The molecule has 0 amide bonds. The largest absolute Gasteiger partial charge is 0.485 e. The van der Waals surface area contributed by atoms with Crippen LogP contribution in [-0.4, -0.2) is 14.2 Å². The summed E-state index contributed by atoms with van der Waals surface area (Å²) in [5, 5.41) is 3.43. The van der Waals surface area contributed by atoms with Gasteiger partial charge in [0.2, 0.25) is 0 Å². The number of ether oxygens (including phenoxy) is 2. The maximum atomic E-state index is 6.88. The summed E-state index contributed by atoms with van der Waals surface area (Å²) in [7, 11) is -1.43. The van der Waals surface area contributed by atoms with E-state index in [9.17, 15) is 0 Å². The zero-order valence-electron chi connectivity index (χ0n) is 34.3. The van der Waals surface area contributed by atoms with E-state index in [0.29, 0.717) is 6.42 Å². The van der Waals surface area contributed by atoms with Crippen molar-refractivity contribution in [2.45, 2.75) is 32.2 Å². The second kappa shape index (κ2) is 17.0. The Kier molecular flexibility index (Phi) is 10.9. The standard InChI is InChI=1S/C55H48N2O2Si/c1-60(2,3)49-37-35-44(36-38-49)56(42-21-9-5-10-22-42)45-25-15-27-47(39-45)58-54-33-17-31-52-51(54)30-18-34-55(52)59-48-28-16-26-46(40-48)57(43-23-11-6-12-24-43)53-32-14-13-29-50(53)41-19-7-4-8-20-41/h4-38,40,47H,39H2,1-3H3. The van der Waals surface area contributed by atoms with Crippen molar-refractivity contribution in [3.8, 4) is 28.4 Å². The van der Waals surface area contributed by atoms with Crippen molar-refractivity contribution in [2.75, 3.05) is 9.80 Å². The van der Waals surface area contributed by atoms with Crippen LogP contribution in [0.5, 0.6) is 17.2 Å². The molecule has 1 aliphatic carbocycles. The Bertz CT molecular complexity index is 2780. The predicted octanol–water partition coefficient (Wildman–Crippen LogP) is 14.7. The first-order valence-electron chi connectivity index (χ1n) is 20.7. The minimum Gasteiger partial charge on any atom is -0.485 e. The van der Waals surface area contributed by atoms with E-state index < -0.39 is 8.07 Å². The van der Waals surface area contributed by atoms with Crippen molar-refractivity contribution < 1.29 is 9.47 Å². The number of fused-ring (bicyclic) bond motifs is 1. The predicted molar refractivity (Wildman–Crippen MR) is 255 cm³/mol. The van der Waals surface area contributed by atoms with Crippen LogP contribution in [0.4, 0.5) is 28.4 Å².